The quantitative estimate of drug-likeness (QED) is 0.398. The number of nitriles is 1. The van der Waals surface area contributed by atoms with Gasteiger partial charge in [-0.1, -0.05) is 12.7 Å². The summed E-state index contributed by atoms with van der Waals surface area (Å²) < 4.78 is 11.5. The molecule has 0 aliphatic rings. The summed E-state index contributed by atoms with van der Waals surface area (Å²) in [6.45, 7) is 6.25. The monoisotopic (exact) mass is 414 g/mol. The lowest BCUT2D eigenvalue weighted by Gasteiger charge is -2.09. The van der Waals surface area contributed by atoms with Gasteiger partial charge in [-0.05, 0) is 52.7 Å². The van der Waals surface area contributed by atoms with Gasteiger partial charge in [0, 0.05) is 18.4 Å². The number of hydrogen-bond acceptors (Lipinski definition) is 6. The van der Waals surface area contributed by atoms with E-state index in [-0.39, 0.29) is 0 Å². The van der Waals surface area contributed by atoms with E-state index >= 15 is 0 Å². The molecular weight excluding hydrogens is 396 g/mol. The number of hydrazone groups is 1. The first-order chi connectivity index (χ1) is 12.6. The highest BCUT2D eigenvalue weighted by molar-refractivity contribution is 9.10. The first-order valence-corrected chi connectivity index (χ1v) is 8.60. The molecule has 1 aromatic carbocycles. The number of aromatic nitrogens is 1. The third-order valence-electron chi connectivity index (χ3n) is 3.34. The van der Waals surface area contributed by atoms with Crippen molar-refractivity contribution in [3.8, 4) is 11.8 Å². The highest BCUT2D eigenvalue weighted by atomic mass is 79.9. The molecule has 0 unspecified atom stereocenters. The standard InChI is InChI=1S/C19H19BrN4O2/c1-4-7-26-18-6-5-14(9-17(18)20)11-22-24-19-16(10-21)15(12-25-3)8-13(2)23-19/h4-6,8-9,11H,1,7,12H2,2-3H3,(H,23,24). The van der Waals surface area contributed by atoms with E-state index in [9.17, 15) is 5.26 Å². The molecule has 6 nitrogen and oxygen atoms in total. The third-order valence-corrected chi connectivity index (χ3v) is 3.96. The van der Waals surface area contributed by atoms with Crippen LogP contribution in [-0.4, -0.2) is 24.9 Å². The Labute approximate surface area is 161 Å². The molecule has 26 heavy (non-hydrogen) atoms. The van der Waals surface area contributed by atoms with E-state index < -0.39 is 0 Å². The third kappa shape index (κ3) is 5.15. The van der Waals surface area contributed by atoms with E-state index in [0.29, 0.717) is 24.6 Å². The predicted molar refractivity (Wildman–Crippen MR) is 105 cm³/mol. The summed E-state index contributed by atoms with van der Waals surface area (Å²) in [4.78, 5) is 4.34. The van der Waals surface area contributed by atoms with Crippen LogP contribution in [0.25, 0.3) is 0 Å². The number of methoxy groups -OCH3 is 1. The summed E-state index contributed by atoms with van der Waals surface area (Å²) in [7, 11) is 1.59. The fourth-order valence-electron chi connectivity index (χ4n) is 2.25. The van der Waals surface area contributed by atoms with Crippen molar-refractivity contribution >= 4 is 28.0 Å². The van der Waals surface area contributed by atoms with Crippen LogP contribution in [0.2, 0.25) is 0 Å². The van der Waals surface area contributed by atoms with Crippen LogP contribution in [0, 0.1) is 18.3 Å². The van der Waals surface area contributed by atoms with Gasteiger partial charge >= 0.3 is 0 Å². The number of hydrogen-bond donors (Lipinski definition) is 1. The molecule has 0 aliphatic carbocycles. The zero-order valence-electron chi connectivity index (χ0n) is 14.6. The number of pyridine rings is 1. The Balaban J connectivity index is 2.17. The van der Waals surface area contributed by atoms with Gasteiger partial charge in [-0.25, -0.2) is 4.98 Å². The summed E-state index contributed by atoms with van der Waals surface area (Å²) in [5.41, 5.74) is 5.67. The van der Waals surface area contributed by atoms with E-state index in [4.69, 9.17) is 9.47 Å². The van der Waals surface area contributed by atoms with Crippen molar-refractivity contribution in [2.75, 3.05) is 19.1 Å². The van der Waals surface area contributed by atoms with E-state index in [1.165, 1.54) is 0 Å². The van der Waals surface area contributed by atoms with Crippen LogP contribution in [0.15, 0.2) is 46.5 Å². The SMILES string of the molecule is C=CCOc1ccc(C=NNc2nc(C)cc(COC)c2C#N)cc1Br. The summed E-state index contributed by atoms with van der Waals surface area (Å²) in [5, 5.41) is 13.6. The van der Waals surface area contributed by atoms with E-state index in [1.807, 2.05) is 31.2 Å². The van der Waals surface area contributed by atoms with Crippen LogP contribution in [0.4, 0.5) is 5.82 Å². The van der Waals surface area contributed by atoms with Gasteiger partial charge in [0.05, 0.1) is 17.3 Å². The van der Waals surface area contributed by atoms with Gasteiger partial charge in [0.2, 0.25) is 0 Å². The first kappa shape index (κ1) is 19.6. The Morgan fingerprint density at radius 1 is 1.42 bits per heavy atom. The molecular formula is C19H19BrN4O2. The number of aryl methyl sites for hydroxylation is 1. The topological polar surface area (TPSA) is 79.5 Å². The Morgan fingerprint density at radius 2 is 2.23 bits per heavy atom. The van der Waals surface area contributed by atoms with Crippen molar-refractivity contribution in [2.45, 2.75) is 13.5 Å². The van der Waals surface area contributed by atoms with Gasteiger partial charge in [0.15, 0.2) is 5.82 Å². The Hall–Kier alpha value is -2.69. The van der Waals surface area contributed by atoms with E-state index in [0.717, 1.165) is 27.0 Å². The van der Waals surface area contributed by atoms with Gasteiger partial charge in [-0.2, -0.15) is 10.4 Å². The van der Waals surface area contributed by atoms with Crippen LogP contribution < -0.4 is 10.2 Å². The average molecular weight is 415 g/mol. The van der Waals surface area contributed by atoms with Gasteiger partial charge in [-0.3, -0.25) is 5.43 Å². The van der Waals surface area contributed by atoms with Crippen molar-refractivity contribution in [1.29, 1.82) is 5.26 Å². The highest BCUT2D eigenvalue weighted by Crippen LogP contribution is 2.25. The molecule has 0 saturated heterocycles. The lowest BCUT2D eigenvalue weighted by Crippen LogP contribution is -2.03. The fourth-order valence-corrected chi connectivity index (χ4v) is 2.76. The van der Waals surface area contributed by atoms with Crippen molar-refractivity contribution in [3.05, 3.63) is 63.8 Å². The lowest BCUT2D eigenvalue weighted by atomic mass is 10.1. The Bertz CT molecular complexity index is 859. The molecule has 0 radical (unpaired) electrons. The molecule has 1 heterocycles. The van der Waals surface area contributed by atoms with Crippen LogP contribution in [0.5, 0.6) is 5.75 Å². The molecule has 134 valence electrons. The molecule has 2 rings (SSSR count). The van der Waals surface area contributed by atoms with Crippen molar-refractivity contribution in [3.63, 3.8) is 0 Å². The second kappa shape index (κ2) is 9.70. The molecule has 0 aliphatic heterocycles. The van der Waals surface area contributed by atoms with Crippen LogP contribution >= 0.6 is 15.9 Å². The summed E-state index contributed by atoms with van der Waals surface area (Å²) >= 11 is 3.46. The van der Waals surface area contributed by atoms with E-state index in [2.05, 4.69) is 44.1 Å². The van der Waals surface area contributed by atoms with Crippen LogP contribution in [0.1, 0.15) is 22.4 Å². The second-order valence-electron chi connectivity index (χ2n) is 5.35. The summed E-state index contributed by atoms with van der Waals surface area (Å²) in [6.07, 6.45) is 3.33. The minimum atomic E-state index is 0.337. The molecule has 7 heteroatoms. The maximum atomic E-state index is 9.41. The number of nitrogens with zero attached hydrogens (tertiary/aromatic N) is 3. The zero-order chi connectivity index (χ0) is 18.9. The van der Waals surface area contributed by atoms with Crippen molar-refractivity contribution in [2.24, 2.45) is 5.10 Å². The largest absolute Gasteiger partial charge is 0.488 e. The molecule has 0 bridgehead atoms. The summed E-state index contributed by atoms with van der Waals surface area (Å²) in [6, 6.07) is 9.58. The molecule has 0 spiro atoms. The Morgan fingerprint density at radius 3 is 2.88 bits per heavy atom. The number of anilines is 1. The molecule has 0 atom stereocenters. The van der Waals surface area contributed by atoms with Gasteiger partial charge < -0.3 is 9.47 Å². The normalized spacial score (nSPS) is 10.5. The number of rotatable bonds is 8. The predicted octanol–water partition coefficient (Wildman–Crippen LogP) is 4.18. The van der Waals surface area contributed by atoms with Gasteiger partial charge in [-0.15, -0.1) is 0 Å². The number of halogens is 1. The van der Waals surface area contributed by atoms with Gasteiger partial charge in [0.25, 0.3) is 0 Å². The molecule has 0 saturated carbocycles. The van der Waals surface area contributed by atoms with Crippen LogP contribution in [-0.2, 0) is 11.3 Å². The van der Waals surface area contributed by atoms with Crippen LogP contribution in [0.3, 0.4) is 0 Å². The molecule has 0 amide bonds. The molecule has 1 aromatic heterocycles. The number of benzene rings is 1. The fraction of sp³-hybridized carbons (Fsp3) is 0.211. The number of ether oxygens (including phenoxy) is 2. The van der Waals surface area contributed by atoms with Gasteiger partial charge in [0.1, 0.15) is 24.0 Å². The van der Waals surface area contributed by atoms with E-state index in [1.54, 1.807) is 19.4 Å². The smallest absolute Gasteiger partial charge is 0.164 e. The lowest BCUT2D eigenvalue weighted by molar-refractivity contribution is 0.184. The maximum Gasteiger partial charge on any atom is 0.164 e. The maximum absolute atomic E-state index is 9.41. The van der Waals surface area contributed by atoms with Crippen molar-refractivity contribution < 1.29 is 9.47 Å². The molecule has 2 aromatic rings. The summed E-state index contributed by atoms with van der Waals surface area (Å²) in [5.74, 6) is 1.13. The van der Waals surface area contributed by atoms with Crippen molar-refractivity contribution in [1.82, 2.24) is 4.98 Å². The molecule has 1 N–H and O–H groups in total. The molecule has 0 fully saturated rings. The minimum Gasteiger partial charge on any atom is -0.488 e. The minimum absolute atomic E-state index is 0.337. The zero-order valence-corrected chi connectivity index (χ0v) is 16.2. The highest BCUT2D eigenvalue weighted by Gasteiger charge is 2.10. The second-order valence-corrected chi connectivity index (χ2v) is 6.21. The Kier molecular flexibility index (Phi) is 7.33. The average Bonchev–Trinajstić information content (AvgIpc) is 2.61. The number of nitrogens with one attached hydrogen (secondary N) is 1. The first-order valence-electron chi connectivity index (χ1n) is 7.81.